The number of halogens is 2. The molecule has 0 bridgehead atoms. The van der Waals surface area contributed by atoms with Gasteiger partial charge in [0.25, 0.3) is 5.89 Å². The van der Waals surface area contributed by atoms with E-state index >= 15 is 0 Å². The molecule has 5 nitrogen and oxygen atoms in total. The van der Waals surface area contributed by atoms with Gasteiger partial charge in [-0.05, 0) is 6.07 Å². The quantitative estimate of drug-likeness (QED) is 0.876. The van der Waals surface area contributed by atoms with Gasteiger partial charge in [-0.2, -0.15) is 4.98 Å². The molecule has 0 atom stereocenters. The lowest BCUT2D eigenvalue weighted by Crippen LogP contribution is -1.88. The summed E-state index contributed by atoms with van der Waals surface area (Å²) in [5, 5.41) is 13.1. The maximum atomic E-state index is 8.74. The number of pyridine rings is 1. The maximum absolute atomic E-state index is 8.74. The first-order valence-electron chi connectivity index (χ1n) is 3.95. The Balaban J connectivity index is 2.44. The molecule has 0 aromatic carbocycles. The summed E-state index contributed by atoms with van der Waals surface area (Å²) in [6, 6.07) is 1.53. The van der Waals surface area contributed by atoms with Crippen LogP contribution in [0, 0.1) is 0 Å². The highest BCUT2D eigenvalue weighted by atomic mass is 35.5. The molecule has 2 aromatic rings. The average molecular weight is 246 g/mol. The Hall–Kier alpha value is -1.17. The van der Waals surface area contributed by atoms with Gasteiger partial charge in [-0.25, -0.2) is 4.98 Å². The highest BCUT2D eigenvalue weighted by Crippen LogP contribution is 2.25. The molecule has 0 aliphatic carbocycles. The van der Waals surface area contributed by atoms with Crippen molar-refractivity contribution in [2.45, 2.75) is 6.61 Å². The third-order valence-electron chi connectivity index (χ3n) is 1.62. The molecule has 15 heavy (non-hydrogen) atoms. The van der Waals surface area contributed by atoms with Crippen molar-refractivity contribution in [1.82, 2.24) is 15.1 Å². The normalized spacial score (nSPS) is 10.6. The van der Waals surface area contributed by atoms with E-state index in [1.54, 1.807) is 0 Å². The number of nitrogens with zero attached hydrogens (tertiary/aromatic N) is 3. The van der Waals surface area contributed by atoms with E-state index in [-0.39, 0.29) is 18.3 Å². The summed E-state index contributed by atoms with van der Waals surface area (Å²) in [4.78, 5) is 7.84. The summed E-state index contributed by atoms with van der Waals surface area (Å²) < 4.78 is 4.71. The second kappa shape index (κ2) is 4.14. The second-order valence-electron chi connectivity index (χ2n) is 2.65. The second-order valence-corrected chi connectivity index (χ2v) is 3.50. The van der Waals surface area contributed by atoms with Gasteiger partial charge in [-0.15, -0.1) is 0 Å². The van der Waals surface area contributed by atoms with Gasteiger partial charge < -0.3 is 9.63 Å². The summed E-state index contributed by atoms with van der Waals surface area (Å²) in [7, 11) is 0. The van der Waals surface area contributed by atoms with Crippen LogP contribution in [0.5, 0.6) is 0 Å². The van der Waals surface area contributed by atoms with E-state index in [0.29, 0.717) is 15.7 Å². The molecule has 0 unspecified atom stereocenters. The molecular weight excluding hydrogens is 241 g/mol. The fraction of sp³-hybridized carbons (Fsp3) is 0.125. The third-order valence-corrected chi connectivity index (χ3v) is 2.12. The predicted octanol–water partition coefficient (Wildman–Crippen LogP) is 1.93. The Kier molecular flexibility index (Phi) is 2.86. The zero-order valence-corrected chi connectivity index (χ0v) is 8.83. The highest BCUT2D eigenvalue weighted by molar-refractivity contribution is 6.35. The van der Waals surface area contributed by atoms with Gasteiger partial charge in [-0.1, -0.05) is 28.4 Å². The topological polar surface area (TPSA) is 72.0 Å². The van der Waals surface area contributed by atoms with Gasteiger partial charge in [0, 0.05) is 6.20 Å². The highest BCUT2D eigenvalue weighted by Gasteiger charge is 2.12. The number of hydrogen-bond donors (Lipinski definition) is 1. The van der Waals surface area contributed by atoms with Gasteiger partial charge in [0.05, 0.1) is 10.0 Å². The number of aliphatic hydroxyl groups is 1. The van der Waals surface area contributed by atoms with Crippen molar-refractivity contribution in [1.29, 1.82) is 0 Å². The molecule has 78 valence electrons. The van der Waals surface area contributed by atoms with Crippen LogP contribution in [0.2, 0.25) is 10.0 Å². The molecule has 0 aliphatic rings. The number of hydrogen-bond acceptors (Lipinski definition) is 5. The Morgan fingerprint density at radius 1 is 1.40 bits per heavy atom. The zero-order valence-electron chi connectivity index (χ0n) is 7.31. The SMILES string of the molecule is OCc1nc(-c2ncc(Cl)cc2Cl)no1. The van der Waals surface area contributed by atoms with Crippen LogP contribution >= 0.6 is 23.2 Å². The van der Waals surface area contributed by atoms with Crippen LogP contribution in [0.25, 0.3) is 11.5 Å². The molecule has 2 aromatic heterocycles. The van der Waals surface area contributed by atoms with Crippen LogP contribution in [-0.4, -0.2) is 20.2 Å². The van der Waals surface area contributed by atoms with Crippen LogP contribution < -0.4 is 0 Å². The van der Waals surface area contributed by atoms with Gasteiger partial charge in [0.2, 0.25) is 5.82 Å². The van der Waals surface area contributed by atoms with E-state index in [2.05, 4.69) is 15.1 Å². The van der Waals surface area contributed by atoms with Crippen molar-refractivity contribution in [3.63, 3.8) is 0 Å². The van der Waals surface area contributed by atoms with Gasteiger partial charge in [-0.3, -0.25) is 0 Å². The average Bonchev–Trinajstić information content (AvgIpc) is 2.66. The molecule has 1 N–H and O–H groups in total. The molecule has 0 aliphatic heterocycles. The molecule has 0 saturated carbocycles. The van der Waals surface area contributed by atoms with E-state index in [4.69, 9.17) is 32.8 Å². The van der Waals surface area contributed by atoms with Gasteiger partial charge >= 0.3 is 0 Å². The van der Waals surface area contributed by atoms with E-state index in [1.165, 1.54) is 12.3 Å². The molecule has 0 radical (unpaired) electrons. The first-order chi connectivity index (χ1) is 7.20. The summed E-state index contributed by atoms with van der Waals surface area (Å²) in [5.74, 6) is 0.332. The molecule has 0 fully saturated rings. The zero-order chi connectivity index (χ0) is 10.8. The monoisotopic (exact) mass is 245 g/mol. The summed E-state index contributed by atoms with van der Waals surface area (Å²) >= 11 is 11.6. The smallest absolute Gasteiger partial charge is 0.252 e. The molecule has 0 spiro atoms. The Morgan fingerprint density at radius 3 is 2.80 bits per heavy atom. The van der Waals surface area contributed by atoms with E-state index in [9.17, 15) is 0 Å². The molecule has 2 rings (SSSR count). The first kappa shape index (κ1) is 10.4. The lowest BCUT2D eigenvalue weighted by molar-refractivity contribution is 0.222. The van der Waals surface area contributed by atoms with E-state index < -0.39 is 0 Å². The number of rotatable bonds is 2. The minimum atomic E-state index is -0.321. The van der Waals surface area contributed by atoms with Crippen LogP contribution in [0.4, 0.5) is 0 Å². The fourth-order valence-corrected chi connectivity index (χ4v) is 1.46. The van der Waals surface area contributed by atoms with Crippen LogP contribution in [-0.2, 0) is 6.61 Å². The maximum Gasteiger partial charge on any atom is 0.252 e. The van der Waals surface area contributed by atoms with Crippen LogP contribution in [0.15, 0.2) is 16.8 Å². The first-order valence-corrected chi connectivity index (χ1v) is 4.71. The minimum Gasteiger partial charge on any atom is -0.387 e. The Labute approximate surface area is 94.7 Å². The van der Waals surface area contributed by atoms with E-state index in [0.717, 1.165) is 0 Å². The fourth-order valence-electron chi connectivity index (χ4n) is 0.994. The molecule has 0 amide bonds. The van der Waals surface area contributed by atoms with Crippen molar-refractivity contribution in [3.05, 3.63) is 28.2 Å². The summed E-state index contributed by atoms with van der Waals surface area (Å²) in [5.41, 5.74) is 0.365. The van der Waals surface area contributed by atoms with Crippen molar-refractivity contribution in [3.8, 4) is 11.5 Å². The molecule has 7 heteroatoms. The van der Waals surface area contributed by atoms with Crippen LogP contribution in [0.1, 0.15) is 5.89 Å². The van der Waals surface area contributed by atoms with Gasteiger partial charge in [0.1, 0.15) is 12.3 Å². The molecular formula is C8H5Cl2N3O2. The lowest BCUT2D eigenvalue weighted by Gasteiger charge is -1.97. The summed E-state index contributed by atoms with van der Waals surface area (Å²) in [6.07, 6.45) is 1.43. The Morgan fingerprint density at radius 2 is 2.20 bits per heavy atom. The van der Waals surface area contributed by atoms with Crippen molar-refractivity contribution in [2.24, 2.45) is 0 Å². The largest absolute Gasteiger partial charge is 0.387 e. The van der Waals surface area contributed by atoms with Gasteiger partial charge in [0.15, 0.2) is 0 Å². The standard InChI is InChI=1S/C8H5Cl2N3O2/c9-4-1-5(10)7(11-2-4)8-12-6(3-14)15-13-8/h1-2,14H,3H2. The Bertz CT molecular complexity index is 486. The molecule has 2 heterocycles. The number of aromatic nitrogens is 3. The van der Waals surface area contributed by atoms with Crippen molar-refractivity contribution in [2.75, 3.05) is 0 Å². The minimum absolute atomic E-state index is 0.109. The van der Waals surface area contributed by atoms with Crippen molar-refractivity contribution < 1.29 is 9.63 Å². The van der Waals surface area contributed by atoms with E-state index in [1.807, 2.05) is 0 Å². The predicted molar refractivity (Wildman–Crippen MR) is 53.5 cm³/mol. The molecule has 0 saturated heterocycles. The van der Waals surface area contributed by atoms with Crippen molar-refractivity contribution >= 4 is 23.2 Å². The third kappa shape index (κ3) is 2.09. The summed E-state index contributed by atoms with van der Waals surface area (Å²) in [6.45, 7) is -0.321. The van der Waals surface area contributed by atoms with Crippen LogP contribution in [0.3, 0.4) is 0 Å². The lowest BCUT2D eigenvalue weighted by atomic mass is 10.3. The number of aliphatic hydroxyl groups excluding tert-OH is 1.